The van der Waals surface area contributed by atoms with Crippen molar-refractivity contribution in [1.82, 2.24) is 5.32 Å². The highest BCUT2D eigenvalue weighted by molar-refractivity contribution is 5.11. The van der Waals surface area contributed by atoms with E-state index in [0.29, 0.717) is 18.6 Å². The van der Waals surface area contributed by atoms with Crippen LogP contribution < -0.4 is 5.32 Å². The molecular weight excluding hydrogens is 266 g/mol. The highest BCUT2D eigenvalue weighted by Crippen LogP contribution is 2.66. The molecule has 0 saturated heterocycles. The van der Waals surface area contributed by atoms with Gasteiger partial charge in [0.25, 0.3) is 0 Å². The molecular formula is C17H33NO3. The van der Waals surface area contributed by atoms with Crippen molar-refractivity contribution in [3.05, 3.63) is 0 Å². The number of hydrogen-bond acceptors (Lipinski definition) is 4. The van der Waals surface area contributed by atoms with Crippen LogP contribution in [0.2, 0.25) is 0 Å². The van der Waals surface area contributed by atoms with Gasteiger partial charge in [-0.2, -0.15) is 0 Å². The molecule has 4 atom stereocenters. The van der Waals surface area contributed by atoms with Crippen LogP contribution >= 0.6 is 0 Å². The second-order valence-electron chi connectivity index (χ2n) is 8.51. The van der Waals surface area contributed by atoms with E-state index in [1.54, 1.807) is 0 Å². The molecule has 0 aromatic carbocycles. The summed E-state index contributed by atoms with van der Waals surface area (Å²) >= 11 is 0. The van der Waals surface area contributed by atoms with Gasteiger partial charge in [0.05, 0.1) is 25.4 Å². The van der Waals surface area contributed by atoms with Crippen LogP contribution in [-0.2, 0) is 4.74 Å². The van der Waals surface area contributed by atoms with Gasteiger partial charge in [-0.05, 0) is 49.9 Å². The largest absolute Gasteiger partial charge is 0.394 e. The summed E-state index contributed by atoms with van der Waals surface area (Å²) in [5.74, 6) is 0.760. The number of nitrogens with one attached hydrogen (secondary N) is 1. The summed E-state index contributed by atoms with van der Waals surface area (Å²) in [6.45, 7) is 11.8. The van der Waals surface area contributed by atoms with Gasteiger partial charge in [0, 0.05) is 12.1 Å². The van der Waals surface area contributed by atoms with Gasteiger partial charge in [-0.15, -0.1) is 0 Å². The molecule has 3 N–H and O–H groups in total. The molecule has 2 rings (SSSR count). The number of aliphatic hydroxyl groups is 2. The SMILES string of the molecule is CC(C)(CO)NC[C@@H](O)CO[C@H]1C[C@H]2CC[C@@]1(C)C2(C)C. The zero-order valence-electron chi connectivity index (χ0n) is 14.3. The summed E-state index contributed by atoms with van der Waals surface area (Å²) < 4.78 is 6.08. The van der Waals surface area contributed by atoms with Crippen LogP contribution in [0.15, 0.2) is 0 Å². The molecule has 0 aliphatic heterocycles. The summed E-state index contributed by atoms with van der Waals surface area (Å²) in [6.07, 6.45) is 3.43. The number of fused-ring (bicyclic) bond motifs is 2. The van der Waals surface area contributed by atoms with Crippen LogP contribution in [0, 0.1) is 16.7 Å². The fraction of sp³-hybridized carbons (Fsp3) is 1.00. The first-order chi connectivity index (χ1) is 9.62. The average molecular weight is 299 g/mol. The fourth-order valence-corrected chi connectivity index (χ4v) is 4.12. The van der Waals surface area contributed by atoms with E-state index in [2.05, 4.69) is 26.1 Å². The Morgan fingerprint density at radius 1 is 1.33 bits per heavy atom. The smallest absolute Gasteiger partial charge is 0.0898 e. The van der Waals surface area contributed by atoms with E-state index in [9.17, 15) is 10.2 Å². The van der Waals surface area contributed by atoms with Gasteiger partial charge >= 0.3 is 0 Å². The Bertz CT molecular complexity index is 369. The van der Waals surface area contributed by atoms with Crippen molar-refractivity contribution in [2.24, 2.45) is 16.7 Å². The molecule has 2 bridgehead atoms. The van der Waals surface area contributed by atoms with Crippen molar-refractivity contribution in [3.8, 4) is 0 Å². The van der Waals surface area contributed by atoms with Gasteiger partial charge in [-0.3, -0.25) is 0 Å². The van der Waals surface area contributed by atoms with Crippen molar-refractivity contribution in [3.63, 3.8) is 0 Å². The van der Waals surface area contributed by atoms with Crippen LogP contribution in [0.3, 0.4) is 0 Å². The summed E-state index contributed by atoms with van der Waals surface area (Å²) in [6, 6.07) is 0. The predicted octanol–water partition coefficient (Wildman–Crippen LogP) is 1.94. The number of ether oxygens (including phenoxy) is 1. The van der Waals surface area contributed by atoms with Gasteiger partial charge in [-0.1, -0.05) is 20.8 Å². The summed E-state index contributed by atoms with van der Waals surface area (Å²) in [4.78, 5) is 0. The number of rotatable bonds is 7. The maximum atomic E-state index is 10.1. The minimum absolute atomic E-state index is 0.0527. The topological polar surface area (TPSA) is 61.7 Å². The zero-order valence-corrected chi connectivity index (χ0v) is 14.3. The lowest BCUT2D eigenvalue weighted by molar-refractivity contribution is -0.0751. The number of hydrogen-bond donors (Lipinski definition) is 3. The van der Waals surface area contributed by atoms with Crippen LogP contribution in [0.25, 0.3) is 0 Å². The van der Waals surface area contributed by atoms with Crippen LogP contribution in [0.1, 0.15) is 53.9 Å². The molecule has 2 fully saturated rings. The normalized spacial score (nSPS) is 36.1. The van der Waals surface area contributed by atoms with Crippen molar-refractivity contribution >= 4 is 0 Å². The lowest BCUT2D eigenvalue weighted by Gasteiger charge is -2.39. The second-order valence-corrected chi connectivity index (χ2v) is 8.51. The van der Waals surface area contributed by atoms with Crippen LogP contribution in [0.5, 0.6) is 0 Å². The lowest BCUT2D eigenvalue weighted by atomic mass is 9.70. The van der Waals surface area contributed by atoms with Gasteiger partial charge in [0.15, 0.2) is 0 Å². The fourth-order valence-electron chi connectivity index (χ4n) is 4.12. The van der Waals surface area contributed by atoms with E-state index in [-0.39, 0.29) is 23.7 Å². The molecule has 0 aromatic rings. The van der Waals surface area contributed by atoms with Crippen molar-refractivity contribution < 1.29 is 14.9 Å². The summed E-state index contributed by atoms with van der Waals surface area (Å²) in [7, 11) is 0. The monoisotopic (exact) mass is 299 g/mol. The Morgan fingerprint density at radius 3 is 2.48 bits per heavy atom. The average Bonchev–Trinajstić information content (AvgIpc) is 2.75. The van der Waals surface area contributed by atoms with Crippen molar-refractivity contribution in [2.45, 2.75) is 71.6 Å². The first kappa shape index (κ1) is 17.2. The number of β-amino-alcohol motifs (C(OH)–C–C–N with tert-alkyl or cyclic N) is 1. The van der Waals surface area contributed by atoms with E-state index < -0.39 is 6.10 Å². The molecule has 0 amide bonds. The van der Waals surface area contributed by atoms with E-state index in [4.69, 9.17) is 4.74 Å². The molecule has 0 radical (unpaired) electrons. The molecule has 124 valence electrons. The van der Waals surface area contributed by atoms with Crippen molar-refractivity contribution in [1.29, 1.82) is 0 Å². The highest BCUT2D eigenvalue weighted by atomic mass is 16.5. The van der Waals surface area contributed by atoms with Gasteiger partial charge in [0.1, 0.15) is 0 Å². The zero-order chi connectivity index (χ0) is 15.9. The third kappa shape index (κ3) is 3.14. The maximum Gasteiger partial charge on any atom is 0.0898 e. The summed E-state index contributed by atoms with van der Waals surface area (Å²) in [5, 5.41) is 22.4. The van der Waals surface area contributed by atoms with E-state index in [1.807, 2.05) is 13.8 Å². The Balaban J connectivity index is 1.80. The van der Waals surface area contributed by atoms with Gasteiger partial charge in [0.2, 0.25) is 0 Å². The quantitative estimate of drug-likeness (QED) is 0.672. The molecule has 0 heterocycles. The molecule has 0 spiro atoms. The highest BCUT2D eigenvalue weighted by Gasteiger charge is 2.61. The molecule has 2 aliphatic carbocycles. The number of aliphatic hydroxyl groups excluding tert-OH is 2. The molecule has 2 aliphatic rings. The lowest BCUT2D eigenvalue weighted by Crippen LogP contribution is -2.47. The van der Waals surface area contributed by atoms with Crippen molar-refractivity contribution in [2.75, 3.05) is 19.8 Å². The van der Waals surface area contributed by atoms with E-state index in [1.165, 1.54) is 12.8 Å². The third-order valence-electron chi connectivity index (χ3n) is 6.42. The van der Waals surface area contributed by atoms with Crippen LogP contribution in [-0.4, -0.2) is 47.7 Å². The Kier molecular flexibility index (Phi) is 4.75. The predicted molar refractivity (Wildman–Crippen MR) is 84.1 cm³/mol. The molecule has 4 nitrogen and oxygen atoms in total. The third-order valence-corrected chi connectivity index (χ3v) is 6.42. The molecule has 4 heteroatoms. The van der Waals surface area contributed by atoms with Gasteiger partial charge < -0.3 is 20.3 Å². The Labute approximate surface area is 129 Å². The first-order valence-electron chi connectivity index (χ1n) is 8.28. The van der Waals surface area contributed by atoms with E-state index >= 15 is 0 Å². The van der Waals surface area contributed by atoms with E-state index in [0.717, 1.165) is 12.3 Å². The molecule has 0 unspecified atom stereocenters. The Morgan fingerprint density at radius 2 is 2.00 bits per heavy atom. The Hall–Kier alpha value is -0.160. The molecule has 2 saturated carbocycles. The molecule has 21 heavy (non-hydrogen) atoms. The molecule has 0 aromatic heterocycles. The second kappa shape index (κ2) is 5.80. The minimum Gasteiger partial charge on any atom is -0.394 e. The summed E-state index contributed by atoms with van der Waals surface area (Å²) in [5.41, 5.74) is 0.232. The minimum atomic E-state index is -0.526. The van der Waals surface area contributed by atoms with Crippen LogP contribution in [0.4, 0.5) is 0 Å². The standard InChI is InChI=1S/C17H33NO3/c1-15(2,11-19)18-9-13(20)10-21-14-8-12-6-7-17(14,5)16(12,3)4/h12-14,18-20H,6-11H2,1-5H3/t12-,13-,14+,17-/m1/s1. The first-order valence-corrected chi connectivity index (χ1v) is 8.28. The van der Waals surface area contributed by atoms with Gasteiger partial charge in [-0.25, -0.2) is 0 Å². The maximum absolute atomic E-state index is 10.1.